The first-order chi connectivity index (χ1) is 14.1. The minimum absolute atomic E-state index is 0.0561. The van der Waals surface area contributed by atoms with E-state index in [9.17, 15) is 9.59 Å². The predicted molar refractivity (Wildman–Crippen MR) is 111 cm³/mol. The Bertz CT molecular complexity index is 647. The molecule has 2 rings (SSSR count). The van der Waals surface area contributed by atoms with Crippen LogP contribution < -0.4 is 20.1 Å². The molecule has 0 aromatic heterocycles. The second kappa shape index (κ2) is 13.0. The molecule has 0 saturated carbocycles. The van der Waals surface area contributed by atoms with Gasteiger partial charge in [0, 0.05) is 25.2 Å². The van der Waals surface area contributed by atoms with Gasteiger partial charge < -0.3 is 24.8 Å². The normalized spacial score (nSPS) is 14.3. The molecule has 0 radical (unpaired) electrons. The number of nitrogens with zero attached hydrogens (tertiary/aromatic N) is 1. The standard InChI is InChI=1S/C21H33N3O5/c1-3-28-18-8-7-17(15-19(18)29-4-2)21(26)23-16-20(25)22-9-5-6-10-24-11-13-27-14-12-24/h7-8,15H,3-6,9-14,16H2,1-2H3,(H,22,25)(H,23,26). The summed E-state index contributed by atoms with van der Waals surface area (Å²) in [4.78, 5) is 26.7. The largest absolute Gasteiger partial charge is 0.490 e. The molecular formula is C21H33N3O5. The van der Waals surface area contributed by atoms with Gasteiger partial charge in [-0.05, 0) is 51.4 Å². The fourth-order valence-corrected chi connectivity index (χ4v) is 3.03. The number of hydrogen-bond donors (Lipinski definition) is 2. The van der Waals surface area contributed by atoms with Gasteiger partial charge >= 0.3 is 0 Å². The van der Waals surface area contributed by atoms with Crippen LogP contribution in [0, 0.1) is 0 Å². The van der Waals surface area contributed by atoms with Crippen LogP contribution in [-0.2, 0) is 9.53 Å². The average Bonchev–Trinajstić information content (AvgIpc) is 2.74. The van der Waals surface area contributed by atoms with E-state index < -0.39 is 0 Å². The van der Waals surface area contributed by atoms with E-state index in [4.69, 9.17) is 14.2 Å². The van der Waals surface area contributed by atoms with Crippen LogP contribution in [0.2, 0.25) is 0 Å². The molecular weight excluding hydrogens is 374 g/mol. The number of rotatable bonds is 12. The summed E-state index contributed by atoms with van der Waals surface area (Å²) in [6, 6.07) is 5.00. The van der Waals surface area contributed by atoms with Gasteiger partial charge in [-0.25, -0.2) is 0 Å². The van der Waals surface area contributed by atoms with Crippen LogP contribution in [0.4, 0.5) is 0 Å². The summed E-state index contributed by atoms with van der Waals surface area (Å²) < 4.78 is 16.4. The Morgan fingerprint density at radius 2 is 1.76 bits per heavy atom. The van der Waals surface area contributed by atoms with Crippen molar-refractivity contribution in [1.29, 1.82) is 0 Å². The lowest BCUT2D eigenvalue weighted by Gasteiger charge is -2.26. The van der Waals surface area contributed by atoms with Crippen molar-refractivity contribution in [2.45, 2.75) is 26.7 Å². The molecule has 0 aliphatic carbocycles. The summed E-state index contributed by atoms with van der Waals surface area (Å²) in [6.07, 6.45) is 1.94. The summed E-state index contributed by atoms with van der Waals surface area (Å²) in [7, 11) is 0. The van der Waals surface area contributed by atoms with Crippen molar-refractivity contribution in [1.82, 2.24) is 15.5 Å². The molecule has 1 heterocycles. The summed E-state index contributed by atoms with van der Waals surface area (Å²) >= 11 is 0. The van der Waals surface area contributed by atoms with Crippen LogP contribution in [0.15, 0.2) is 18.2 Å². The van der Waals surface area contributed by atoms with Gasteiger partial charge in [-0.3, -0.25) is 14.5 Å². The maximum Gasteiger partial charge on any atom is 0.251 e. The molecule has 1 aromatic rings. The van der Waals surface area contributed by atoms with Gasteiger partial charge in [-0.2, -0.15) is 0 Å². The van der Waals surface area contributed by atoms with Crippen LogP contribution >= 0.6 is 0 Å². The Morgan fingerprint density at radius 1 is 1.03 bits per heavy atom. The Hall–Kier alpha value is -2.32. The van der Waals surface area contributed by atoms with Crippen molar-refractivity contribution in [2.24, 2.45) is 0 Å². The number of nitrogens with one attached hydrogen (secondary N) is 2. The van der Waals surface area contributed by atoms with Crippen LogP contribution in [0.3, 0.4) is 0 Å². The first kappa shape index (κ1) is 23.0. The zero-order valence-electron chi connectivity index (χ0n) is 17.5. The molecule has 0 atom stereocenters. The van der Waals surface area contributed by atoms with Gasteiger partial charge in [-0.15, -0.1) is 0 Å². The number of ether oxygens (including phenoxy) is 3. The van der Waals surface area contributed by atoms with E-state index in [2.05, 4.69) is 15.5 Å². The van der Waals surface area contributed by atoms with E-state index in [0.717, 1.165) is 45.7 Å². The van der Waals surface area contributed by atoms with E-state index in [1.54, 1.807) is 18.2 Å². The highest BCUT2D eigenvalue weighted by atomic mass is 16.5. The lowest BCUT2D eigenvalue weighted by Crippen LogP contribution is -2.38. The number of hydrogen-bond acceptors (Lipinski definition) is 6. The van der Waals surface area contributed by atoms with Crippen molar-refractivity contribution in [3.8, 4) is 11.5 Å². The van der Waals surface area contributed by atoms with Gasteiger partial charge in [0.15, 0.2) is 11.5 Å². The zero-order valence-corrected chi connectivity index (χ0v) is 17.5. The number of morpholine rings is 1. The van der Waals surface area contributed by atoms with Crippen molar-refractivity contribution in [3.63, 3.8) is 0 Å². The highest BCUT2D eigenvalue weighted by molar-refractivity contribution is 5.97. The molecule has 0 unspecified atom stereocenters. The maximum atomic E-state index is 12.3. The second-order valence-corrected chi connectivity index (χ2v) is 6.72. The highest BCUT2D eigenvalue weighted by Gasteiger charge is 2.13. The highest BCUT2D eigenvalue weighted by Crippen LogP contribution is 2.28. The molecule has 162 valence electrons. The Kier molecular flexibility index (Phi) is 10.3. The van der Waals surface area contributed by atoms with Gasteiger partial charge in [0.25, 0.3) is 5.91 Å². The van der Waals surface area contributed by atoms with E-state index in [0.29, 0.717) is 36.8 Å². The fraction of sp³-hybridized carbons (Fsp3) is 0.619. The Balaban J connectivity index is 1.67. The third kappa shape index (κ3) is 8.29. The van der Waals surface area contributed by atoms with Crippen molar-refractivity contribution < 1.29 is 23.8 Å². The zero-order chi connectivity index (χ0) is 20.9. The molecule has 1 aromatic carbocycles. The minimum Gasteiger partial charge on any atom is -0.490 e. The Morgan fingerprint density at radius 3 is 2.48 bits per heavy atom. The monoisotopic (exact) mass is 407 g/mol. The predicted octanol–water partition coefficient (Wildman–Crippen LogP) is 1.44. The van der Waals surface area contributed by atoms with Crippen molar-refractivity contribution >= 4 is 11.8 Å². The number of amides is 2. The molecule has 8 heteroatoms. The molecule has 0 bridgehead atoms. The van der Waals surface area contributed by atoms with Crippen molar-refractivity contribution in [2.75, 3.05) is 59.2 Å². The van der Waals surface area contributed by atoms with Gasteiger partial charge in [-0.1, -0.05) is 0 Å². The topological polar surface area (TPSA) is 89.1 Å². The third-order valence-corrected chi connectivity index (χ3v) is 4.54. The van der Waals surface area contributed by atoms with Crippen LogP contribution in [0.1, 0.15) is 37.0 Å². The number of carbonyl (C=O) groups is 2. The lowest BCUT2D eigenvalue weighted by molar-refractivity contribution is -0.120. The molecule has 0 spiro atoms. The minimum atomic E-state index is -0.323. The Labute approximate surface area is 172 Å². The molecule has 2 N–H and O–H groups in total. The molecule has 2 amide bonds. The lowest BCUT2D eigenvalue weighted by atomic mass is 10.2. The molecule has 1 aliphatic rings. The van der Waals surface area contributed by atoms with Crippen LogP contribution in [0.5, 0.6) is 11.5 Å². The maximum absolute atomic E-state index is 12.3. The smallest absolute Gasteiger partial charge is 0.251 e. The average molecular weight is 408 g/mol. The molecule has 1 aliphatic heterocycles. The quantitative estimate of drug-likeness (QED) is 0.510. The first-order valence-corrected chi connectivity index (χ1v) is 10.4. The van der Waals surface area contributed by atoms with Gasteiger partial charge in [0.1, 0.15) is 0 Å². The van der Waals surface area contributed by atoms with E-state index in [1.807, 2.05) is 13.8 Å². The fourth-order valence-electron chi connectivity index (χ4n) is 3.03. The number of benzene rings is 1. The van der Waals surface area contributed by atoms with Crippen molar-refractivity contribution in [3.05, 3.63) is 23.8 Å². The summed E-state index contributed by atoms with van der Waals surface area (Å²) in [5, 5.41) is 5.49. The molecule has 8 nitrogen and oxygen atoms in total. The first-order valence-electron chi connectivity index (χ1n) is 10.4. The van der Waals surface area contributed by atoms with Gasteiger partial charge in [0.05, 0.1) is 33.0 Å². The molecule has 1 fully saturated rings. The summed E-state index contributed by atoms with van der Waals surface area (Å²) in [6.45, 7) is 9.88. The number of unbranched alkanes of at least 4 members (excludes halogenated alkanes) is 1. The number of carbonyl (C=O) groups excluding carboxylic acids is 2. The van der Waals surface area contributed by atoms with Gasteiger partial charge in [0.2, 0.25) is 5.91 Å². The second-order valence-electron chi connectivity index (χ2n) is 6.72. The van der Waals surface area contributed by atoms with E-state index in [-0.39, 0.29) is 18.4 Å². The molecule has 29 heavy (non-hydrogen) atoms. The third-order valence-electron chi connectivity index (χ3n) is 4.54. The summed E-state index contributed by atoms with van der Waals surface area (Å²) in [5.41, 5.74) is 0.426. The van der Waals surface area contributed by atoms with E-state index in [1.165, 1.54) is 0 Å². The summed E-state index contributed by atoms with van der Waals surface area (Å²) in [5.74, 6) is 0.601. The van der Waals surface area contributed by atoms with Crippen LogP contribution in [-0.4, -0.2) is 75.9 Å². The van der Waals surface area contributed by atoms with Crippen LogP contribution in [0.25, 0.3) is 0 Å². The van der Waals surface area contributed by atoms with E-state index >= 15 is 0 Å². The SMILES string of the molecule is CCOc1ccc(C(=O)NCC(=O)NCCCCN2CCOCC2)cc1OCC. The molecule has 1 saturated heterocycles.